The van der Waals surface area contributed by atoms with Crippen LogP contribution in [0.4, 0.5) is 0 Å². The third kappa shape index (κ3) is 4.88. The summed E-state index contributed by atoms with van der Waals surface area (Å²) >= 11 is 5.76. The van der Waals surface area contributed by atoms with Gasteiger partial charge in [0.05, 0.1) is 0 Å². The SMILES string of the molecule is CON=C(C(=O)NC1C(=O)N2C(C(=O)O)=C(CSc3nnnn3C)CS[C@@H]12)C1=CSCCS1. The van der Waals surface area contributed by atoms with Gasteiger partial charge in [-0.15, -0.1) is 40.4 Å². The first-order chi connectivity index (χ1) is 15.9. The summed E-state index contributed by atoms with van der Waals surface area (Å²) in [4.78, 5) is 44.5. The lowest BCUT2D eigenvalue weighted by atomic mass is 10.0. The third-order valence-corrected chi connectivity index (χ3v) is 9.49. The van der Waals surface area contributed by atoms with Gasteiger partial charge < -0.3 is 15.3 Å². The van der Waals surface area contributed by atoms with Crippen molar-refractivity contribution in [1.29, 1.82) is 0 Å². The van der Waals surface area contributed by atoms with Gasteiger partial charge in [-0.3, -0.25) is 14.5 Å². The highest BCUT2D eigenvalue weighted by Crippen LogP contribution is 2.41. The fourth-order valence-electron chi connectivity index (χ4n) is 3.28. The minimum absolute atomic E-state index is 0.0513. The second kappa shape index (κ2) is 10.4. The van der Waals surface area contributed by atoms with E-state index in [4.69, 9.17) is 4.84 Å². The Hall–Kier alpha value is -2.17. The van der Waals surface area contributed by atoms with Gasteiger partial charge in [0, 0.05) is 35.0 Å². The van der Waals surface area contributed by atoms with Crippen LogP contribution in [0.1, 0.15) is 0 Å². The van der Waals surface area contributed by atoms with Gasteiger partial charge in [0.25, 0.3) is 11.8 Å². The maximum absolute atomic E-state index is 12.9. The topological polar surface area (TPSA) is 152 Å². The molecule has 16 heteroatoms. The molecule has 1 saturated heterocycles. The zero-order valence-electron chi connectivity index (χ0n) is 17.5. The van der Waals surface area contributed by atoms with Crippen LogP contribution >= 0.6 is 47.0 Å². The number of rotatable bonds is 8. The molecule has 0 radical (unpaired) electrons. The average Bonchev–Trinajstić information content (AvgIpc) is 3.23. The van der Waals surface area contributed by atoms with Gasteiger partial charge in [0.15, 0.2) is 5.71 Å². The number of aromatic nitrogens is 4. The lowest BCUT2D eigenvalue weighted by Crippen LogP contribution is -2.71. The number of carboxylic acid groups (broad SMARTS) is 1. The van der Waals surface area contributed by atoms with Crippen molar-refractivity contribution in [2.75, 3.05) is 30.1 Å². The number of β-lactam (4-membered cyclic amide) rings is 1. The molecule has 176 valence electrons. The van der Waals surface area contributed by atoms with E-state index in [1.165, 1.54) is 52.0 Å². The van der Waals surface area contributed by atoms with Crippen molar-refractivity contribution in [2.24, 2.45) is 12.2 Å². The van der Waals surface area contributed by atoms with Crippen LogP contribution in [0.3, 0.4) is 0 Å². The molecule has 0 aliphatic carbocycles. The molecule has 2 amide bonds. The minimum Gasteiger partial charge on any atom is -0.477 e. The number of hydrogen-bond acceptors (Lipinski definition) is 12. The van der Waals surface area contributed by atoms with E-state index in [1.54, 1.807) is 18.8 Å². The zero-order chi connectivity index (χ0) is 23.5. The number of aryl methyl sites for hydroxylation is 1. The van der Waals surface area contributed by atoms with Crippen molar-refractivity contribution >= 4 is 70.5 Å². The van der Waals surface area contributed by atoms with E-state index >= 15 is 0 Å². The number of carbonyl (C=O) groups excluding carboxylic acids is 2. The van der Waals surface area contributed by atoms with Crippen molar-refractivity contribution < 1.29 is 24.3 Å². The van der Waals surface area contributed by atoms with Crippen LogP contribution < -0.4 is 5.32 Å². The number of nitrogens with zero attached hydrogens (tertiary/aromatic N) is 6. The molecule has 0 bridgehead atoms. The first-order valence-electron chi connectivity index (χ1n) is 9.54. The number of carbonyl (C=O) groups is 3. The Labute approximate surface area is 205 Å². The predicted octanol–water partition coefficient (Wildman–Crippen LogP) is 0.365. The Kier molecular flexibility index (Phi) is 7.55. The standard InChI is InChI=1S/C17H19N7O5S4/c1-23-17(19-21-22-23)33-6-8-5-32-15-11(14(26)24(15)12(8)16(27)28)18-13(25)10(20-29-2)9-7-30-3-4-31-9/h7,11,15H,3-6H2,1-2H3,(H,18,25)(H,27,28)/t11?,15-/m0/s1. The van der Waals surface area contributed by atoms with Crippen molar-refractivity contribution in [2.45, 2.75) is 16.6 Å². The second-order valence-electron chi connectivity index (χ2n) is 6.82. The summed E-state index contributed by atoms with van der Waals surface area (Å²) in [6, 6.07) is -0.849. The Morgan fingerprint density at radius 3 is 2.88 bits per heavy atom. The number of hydrogen-bond donors (Lipinski definition) is 2. The summed E-state index contributed by atoms with van der Waals surface area (Å²) in [7, 11) is 3.04. The number of carboxylic acids is 1. The van der Waals surface area contributed by atoms with E-state index in [-0.39, 0.29) is 11.4 Å². The molecule has 3 aliphatic heterocycles. The Morgan fingerprint density at radius 2 is 2.24 bits per heavy atom. The zero-order valence-corrected chi connectivity index (χ0v) is 20.7. The number of tetrazole rings is 1. The van der Waals surface area contributed by atoms with E-state index in [1.807, 2.05) is 5.41 Å². The molecule has 0 spiro atoms. The lowest BCUT2D eigenvalue weighted by molar-refractivity contribution is -0.150. The molecule has 1 fully saturated rings. The Morgan fingerprint density at radius 1 is 1.42 bits per heavy atom. The second-order valence-corrected chi connectivity index (χ2v) is 11.0. The van der Waals surface area contributed by atoms with Crippen LogP contribution in [0.2, 0.25) is 0 Å². The van der Waals surface area contributed by atoms with Crippen molar-refractivity contribution in [1.82, 2.24) is 30.4 Å². The van der Waals surface area contributed by atoms with E-state index in [2.05, 4.69) is 26.0 Å². The van der Waals surface area contributed by atoms with E-state index in [0.717, 1.165) is 11.5 Å². The fraction of sp³-hybridized carbons (Fsp3) is 0.471. The number of aliphatic carboxylic acids is 1. The smallest absolute Gasteiger partial charge is 0.352 e. The van der Waals surface area contributed by atoms with Gasteiger partial charge in [-0.25, -0.2) is 9.48 Å². The molecule has 4 rings (SSSR count). The third-order valence-electron chi connectivity index (χ3n) is 4.77. The van der Waals surface area contributed by atoms with Crippen LogP contribution in [-0.4, -0.2) is 95.2 Å². The molecule has 12 nitrogen and oxygen atoms in total. The largest absolute Gasteiger partial charge is 0.477 e. The average molecular weight is 530 g/mol. The molecule has 2 atom stereocenters. The summed E-state index contributed by atoms with van der Waals surface area (Å²) in [6.07, 6.45) is 0. The summed E-state index contributed by atoms with van der Waals surface area (Å²) in [5, 5.41) is 29.4. The number of amides is 2. The molecular formula is C17H19N7O5S4. The van der Waals surface area contributed by atoms with Gasteiger partial charge >= 0.3 is 5.97 Å². The molecule has 4 heterocycles. The molecule has 3 aliphatic rings. The summed E-state index contributed by atoms with van der Waals surface area (Å²) in [6.45, 7) is 0. The highest BCUT2D eigenvalue weighted by atomic mass is 32.2. The minimum atomic E-state index is -1.19. The first-order valence-corrected chi connectivity index (χ1v) is 13.6. The molecular weight excluding hydrogens is 510 g/mol. The quantitative estimate of drug-likeness (QED) is 0.207. The summed E-state index contributed by atoms with van der Waals surface area (Å²) < 4.78 is 1.49. The Bertz CT molecular complexity index is 1070. The van der Waals surface area contributed by atoms with Gasteiger partial charge in [-0.2, -0.15) is 0 Å². The van der Waals surface area contributed by atoms with Gasteiger partial charge in [-0.05, 0) is 21.4 Å². The molecule has 1 aromatic rings. The van der Waals surface area contributed by atoms with E-state index < -0.39 is 29.2 Å². The number of thioether (sulfide) groups is 4. The first kappa shape index (κ1) is 24.0. The lowest BCUT2D eigenvalue weighted by Gasteiger charge is -2.49. The summed E-state index contributed by atoms with van der Waals surface area (Å²) in [5.74, 6) is 0.294. The van der Waals surface area contributed by atoms with Crippen molar-refractivity contribution in [3.8, 4) is 0 Å². The number of nitrogens with one attached hydrogen (secondary N) is 1. The monoisotopic (exact) mass is 529 g/mol. The molecule has 1 aromatic heterocycles. The number of oxime groups is 1. The maximum atomic E-state index is 12.9. The van der Waals surface area contributed by atoms with Crippen LogP contribution in [-0.2, 0) is 26.3 Å². The van der Waals surface area contributed by atoms with Crippen molar-refractivity contribution in [3.05, 3.63) is 21.6 Å². The summed E-state index contributed by atoms with van der Waals surface area (Å²) in [5.41, 5.74) is 0.645. The molecule has 1 unspecified atom stereocenters. The van der Waals surface area contributed by atoms with Crippen LogP contribution in [0, 0.1) is 0 Å². The molecule has 0 saturated carbocycles. The van der Waals surface area contributed by atoms with Gasteiger partial charge in [0.1, 0.15) is 24.2 Å². The predicted molar refractivity (Wildman–Crippen MR) is 127 cm³/mol. The highest BCUT2D eigenvalue weighted by molar-refractivity contribution is 8.10. The van der Waals surface area contributed by atoms with Gasteiger partial charge in [-0.1, -0.05) is 16.9 Å². The molecule has 2 N–H and O–H groups in total. The van der Waals surface area contributed by atoms with Crippen molar-refractivity contribution in [3.63, 3.8) is 0 Å². The highest BCUT2D eigenvalue weighted by Gasteiger charge is 2.54. The normalized spacial score (nSPS) is 23.0. The molecule has 33 heavy (non-hydrogen) atoms. The Balaban J connectivity index is 1.48. The maximum Gasteiger partial charge on any atom is 0.352 e. The van der Waals surface area contributed by atoms with Crippen LogP contribution in [0.5, 0.6) is 0 Å². The van der Waals surface area contributed by atoms with E-state index in [0.29, 0.717) is 27.1 Å². The number of fused-ring (bicyclic) bond motifs is 1. The fourth-order valence-corrected chi connectivity index (χ4v) is 7.68. The van der Waals surface area contributed by atoms with E-state index in [9.17, 15) is 19.5 Å². The van der Waals surface area contributed by atoms with Crippen LogP contribution in [0.15, 0.2) is 31.9 Å². The van der Waals surface area contributed by atoms with Gasteiger partial charge in [0.2, 0.25) is 5.16 Å². The van der Waals surface area contributed by atoms with Crippen LogP contribution in [0.25, 0.3) is 0 Å². The molecule has 0 aromatic carbocycles.